The van der Waals surface area contributed by atoms with Gasteiger partial charge in [0, 0.05) is 19.1 Å². The van der Waals surface area contributed by atoms with Crippen LogP contribution in [0.5, 0.6) is 0 Å². The maximum absolute atomic E-state index is 14.0. The molecule has 2 fully saturated rings. The lowest BCUT2D eigenvalue weighted by Gasteiger charge is -2.33. The van der Waals surface area contributed by atoms with Gasteiger partial charge in [-0.25, -0.2) is 14.4 Å². The van der Waals surface area contributed by atoms with E-state index in [0.29, 0.717) is 17.6 Å². The number of halogens is 1. The lowest BCUT2D eigenvalue weighted by atomic mass is 10.0. The Morgan fingerprint density at radius 2 is 2.00 bits per heavy atom. The van der Waals surface area contributed by atoms with Crippen LogP contribution in [0.3, 0.4) is 0 Å². The Balaban J connectivity index is 1.55. The van der Waals surface area contributed by atoms with Gasteiger partial charge < -0.3 is 10.2 Å². The number of anilines is 1. The third-order valence-corrected chi connectivity index (χ3v) is 4.13. The van der Waals surface area contributed by atoms with E-state index in [0.717, 1.165) is 38.4 Å². The van der Waals surface area contributed by atoms with Crippen LogP contribution in [0.25, 0.3) is 0 Å². The molecule has 0 radical (unpaired) electrons. The highest BCUT2D eigenvalue weighted by molar-refractivity contribution is 5.41. The number of nitrogens with zero attached hydrogens (tertiary/aromatic N) is 3. The molecule has 5 heteroatoms. The molecule has 19 heavy (non-hydrogen) atoms. The van der Waals surface area contributed by atoms with E-state index in [9.17, 15) is 4.39 Å². The SMILES string of the molecule is Cc1ncnc(N2CCC(NCC3CC3)CC2)c1F. The Morgan fingerprint density at radius 1 is 1.26 bits per heavy atom. The van der Waals surface area contributed by atoms with Crippen molar-refractivity contribution in [3.05, 3.63) is 17.8 Å². The molecule has 0 spiro atoms. The van der Waals surface area contributed by atoms with Crippen LogP contribution in [0.15, 0.2) is 6.33 Å². The fourth-order valence-corrected chi connectivity index (χ4v) is 2.62. The van der Waals surface area contributed by atoms with E-state index in [1.165, 1.54) is 19.2 Å². The van der Waals surface area contributed by atoms with Gasteiger partial charge in [-0.05, 0) is 45.1 Å². The van der Waals surface area contributed by atoms with Crippen molar-refractivity contribution in [2.75, 3.05) is 24.5 Å². The highest BCUT2D eigenvalue weighted by Crippen LogP contribution is 2.28. The third-order valence-electron chi connectivity index (χ3n) is 4.13. The second kappa shape index (κ2) is 5.41. The normalized spacial score (nSPS) is 20.8. The molecule has 1 aromatic heterocycles. The van der Waals surface area contributed by atoms with E-state index in [1.54, 1.807) is 6.92 Å². The van der Waals surface area contributed by atoms with Crippen LogP contribution in [0.4, 0.5) is 10.2 Å². The Kier molecular flexibility index (Phi) is 3.64. The molecule has 1 N–H and O–H groups in total. The largest absolute Gasteiger partial charge is 0.354 e. The Bertz CT molecular complexity index is 439. The van der Waals surface area contributed by atoms with Crippen molar-refractivity contribution in [3.63, 3.8) is 0 Å². The number of nitrogens with one attached hydrogen (secondary N) is 1. The maximum atomic E-state index is 14.0. The summed E-state index contributed by atoms with van der Waals surface area (Å²) in [7, 11) is 0. The fourth-order valence-electron chi connectivity index (χ4n) is 2.62. The quantitative estimate of drug-likeness (QED) is 0.901. The van der Waals surface area contributed by atoms with Gasteiger partial charge in [-0.3, -0.25) is 0 Å². The van der Waals surface area contributed by atoms with Crippen molar-refractivity contribution < 1.29 is 4.39 Å². The minimum absolute atomic E-state index is 0.271. The molecule has 0 bridgehead atoms. The summed E-state index contributed by atoms with van der Waals surface area (Å²) in [6, 6.07) is 0.586. The first-order valence-corrected chi connectivity index (χ1v) is 7.19. The first-order chi connectivity index (χ1) is 9.24. The molecular weight excluding hydrogens is 243 g/mol. The van der Waals surface area contributed by atoms with Gasteiger partial charge in [0.25, 0.3) is 0 Å². The lowest BCUT2D eigenvalue weighted by Crippen LogP contribution is -2.43. The Morgan fingerprint density at radius 3 is 2.68 bits per heavy atom. The zero-order chi connectivity index (χ0) is 13.2. The van der Waals surface area contributed by atoms with Gasteiger partial charge in [0.05, 0.1) is 5.69 Å². The predicted molar refractivity (Wildman–Crippen MR) is 72.7 cm³/mol. The maximum Gasteiger partial charge on any atom is 0.186 e. The van der Waals surface area contributed by atoms with Gasteiger partial charge in [-0.2, -0.15) is 0 Å². The monoisotopic (exact) mass is 264 g/mol. The van der Waals surface area contributed by atoms with Crippen LogP contribution in [-0.2, 0) is 0 Å². The van der Waals surface area contributed by atoms with E-state index < -0.39 is 0 Å². The molecule has 1 aromatic rings. The highest BCUT2D eigenvalue weighted by Gasteiger charge is 2.25. The van der Waals surface area contributed by atoms with Crippen LogP contribution in [0, 0.1) is 18.7 Å². The molecule has 104 valence electrons. The first kappa shape index (κ1) is 12.8. The number of aromatic nitrogens is 2. The molecule has 0 atom stereocenters. The average Bonchev–Trinajstić information content (AvgIpc) is 3.25. The van der Waals surface area contributed by atoms with Crippen LogP contribution in [-0.4, -0.2) is 35.6 Å². The van der Waals surface area contributed by atoms with Crippen LogP contribution >= 0.6 is 0 Å². The average molecular weight is 264 g/mol. The van der Waals surface area contributed by atoms with E-state index >= 15 is 0 Å². The van der Waals surface area contributed by atoms with Crippen LogP contribution < -0.4 is 10.2 Å². The number of rotatable bonds is 4. The summed E-state index contributed by atoms with van der Waals surface area (Å²) < 4.78 is 14.0. The van der Waals surface area contributed by atoms with Gasteiger partial charge >= 0.3 is 0 Å². The molecule has 0 amide bonds. The van der Waals surface area contributed by atoms with Gasteiger partial charge in [-0.1, -0.05) is 0 Å². The van der Waals surface area contributed by atoms with Gasteiger partial charge in [0.2, 0.25) is 0 Å². The van der Waals surface area contributed by atoms with Crippen LogP contribution in [0.1, 0.15) is 31.4 Å². The van der Waals surface area contributed by atoms with Crippen molar-refractivity contribution >= 4 is 5.82 Å². The summed E-state index contributed by atoms with van der Waals surface area (Å²) in [6.07, 6.45) is 6.35. The summed E-state index contributed by atoms with van der Waals surface area (Å²) >= 11 is 0. The first-order valence-electron chi connectivity index (χ1n) is 7.19. The molecule has 1 aliphatic carbocycles. The van der Waals surface area contributed by atoms with Crippen molar-refractivity contribution in [3.8, 4) is 0 Å². The Hall–Kier alpha value is -1.23. The molecule has 0 aromatic carbocycles. The molecule has 1 aliphatic heterocycles. The molecule has 2 aliphatic rings. The molecule has 1 saturated heterocycles. The van der Waals surface area contributed by atoms with E-state index in [-0.39, 0.29) is 5.82 Å². The molecule has 3 rings (SSSR count). The molecule has 2 heterocycles. The second-order valence-electron chi connectivity index (χ2n) is 5.71. The Labute approximate surface area is 113 Å². The molecule has 1 saturated carbocycles. The highest BCUT2D eigenvalue weighted by atomic mass is 19.1. The van der Waals surface area contributed by atoms with E-state index in [1.807, 2.05) is 4.90 Å². The molecular formula is C14H21FN4. The van der Waals surface area contributed by atoms with Gasteiger partial charge in [0.1, 0.15) is 6.33 Å². The summed E-state index contributed by atoms with van der Waals surface area (Å²) in [5.41, 5.74) is 0.430. The molecule has 4 nitrogen and oxygen atoms in total. The minimum Gasteiger partial charge on any atom is -0.354 e. The van der Waals surface area contributed by atoms with Crippen molar-refractivity contribution in [1.82, 2.24) is 15.3 Å². The summed E-state index contributed by atoms with van der Waals surface area (Å²) in [6.45, 7) is 4.58. The third kappa shape index (κ3) is 3.03. The number of piperidine rings is 1. The van der Waals surface area contributed by atoms with Gasteiger partial charge in [0.15, 0.2) is 11.6 Å². The smallest absolute Gasteiger partial charge is 0.186 e. The fraction of sp³-hybridized carbons (Fsp3) is 0.714. The zero-order valence-corrected chi connectivity index (χ0v) is 11.4. The number of hydrogen-bond donors (Lipinski definition) is 1. The lowest BCUT2D eigenvalue weighted by molar-refractivity contribution is 0.404. The standard InChI is InChI=1S/C14H21FN4/c1-10-13(15)14(18-9-17-10)19-6-4-12(5-7-19)16-8-11-2-3-11/h9,11-12,16H,2-8H2,1H3. The topological polar surface area (TPSA) is 41.1 Å². The second-order valence-corrected chi connectivity index (χ2v) is 5.71. The number of aryl methyl sites for hydroxylation is 1. The van der Waals surface area contributed by atoms with E-state index in [2.05, 4.69) is 15.3 Å². The number of hydrogen-bond acceptors (Lipinski definition) is 4. The summed E-state index contributed by atoms with van der Waals surface area (Å²) in [5.74, 6) is 1.11. The van der Waals surface area contributed by atoms with E-state index in [4.69, 9.17) is 0 Å². The summed E-state index contributed by atoms with van der Waals surface area (Å²) in [5, 5.41) is 3.63. The predicted octanol–water partition coefficient (Wildman–Crippen LogP) is 1.89. The van der Waals surface area contributed by atoms with Crippen molar-refractivity contribution in [2.24, 2.45) is 5.92 Å². The molecule has 0 unspecified atom stereocenters. The van der Waals surface area contributed by atoms with Crippen molar-refractivity contribution in [2.45, 2.75) is 38.6 Å². The van der Waals surface area contributed by atoms with Crippen molar-refractivity contribution in [1.29, 1.82) is 0 Å². The van der Waals surface area contributed by atoms with Crippen LogP contribution in [0.2, 0.25) is 0 Å². The summed E-state index contributed by atoms with van der Waals surface area (Å²) in [4.78, 5) is 10.0. The minimum atomic E-state index is -0.271. The van der Waals surface area contributed by atoms with Gasteiger partial charge in [-0.15, -0.1) is 0 Å². The zero-order valence-electron chi connectivity index (χ0n) is 11.4.